The number of rotatable bonds is 5. The number of nitrogens with zero attached hydrogens (tertiary/aromatic N) is 3. The van der Waals surface area contributed by atoms with Crippen LogP contribution in [0.25, 0.3) is 0 Å². The molecule has 1 aliphatic heterocycles. The first-order valence-corrected chi connectivity index (χ1v) is 9.23. The third-order valence-electron chi connectivity index (χ3n) is 5.24. The first kappa shape index (κ1) is 16.3. The first-order chi connectivity index (χ1) is 12.1. The Morgan fingerprint density at radius 2 is 2.08 bits per heavy atom. The normalized spacial score (nSPS) is 20.8. The lowest BCUT2D eigenvalue weighted by Gasteiger charge is -2.16. The van der Waals surface area contributed by atoms with Gasteiger partial charge in [0.25, 0.3) is 5.91 Å². The molecule has 1 saturated heterocycles. The molecule has 0 spiro atoms. The zero-order valence-electron chi connectivity index (χ0n) is 15.0. The largest absolute Gasteiger partial charge is 0.348 e. The number of aromatic nitrogens is 2. The number of hydrogen-bond donors (Lipinski definition) is 1. The van der Waals surface area contributed by atoms with E-state index in [9.17, 15) is 4.79 Å². The summed E-state index contributed by atoms with van der Waals surface area (Å²) in [6, 6.07) is 11.0. The van der Waals surface area contributed by atoms with Crippen LogP contribution in [-0.4, -0.2) is 45.8 Å². The van der Waals surface area contributed by atoms with Gasteiger partial charge in [0.05, 0.1) is 12.2 Å². The van der Waals surface area contributed by atoms with E-state index < -0.39 is 0 Å². The fourth-order valence-electron chi connectivity index (χ4n) is 3.76. The zero-order chi connectivity index (χ0) is 17.4. The molecule has 1 aliphatic carbocycles. The molecule has 132 valence electrons. The molecular weight excluding hydrogens is 312 g/mol. The van der Waals surface area contributed by atoms with Crippen molar-refractivity contribution in [2.24, 2.45) is 0 Å². The minimum absolute atomic E-state index is 0.0397. The van der Waals surface area contributed by atoms with Crippen molar-refractivity contribution in [2.75, 3.05) is 13.1 Å². The van der Waals surface area contributed by atoms with Gasteiger partial charge in [0.1, 0.15) is 0 Å². The summed E-state index contributed by atoms with van der Waals surface area (Å²) in [6.45, 7) is 6.87. The van der Waals surface area contributed by atoms with E-state index in [2.05, 4.69) is 34.4 Å². The van der Waals surface area contributed by atoms with Crippen molar-refractivity contribution in [3.05, 3.63) is 52.8 Å². The molecule has 1 atom stereocenters. The van der Waals surface area contributed by atoms with E-state index in [0.717, 1.165) is 48.1 Å². The molecule has 1 saturated carbocycles. The zero-order valence-corrected chi connectivity index (χ0v) is 15.0. The SMILES string of the molecule is Cc1cc(C)n(Cc2cccc(C(=O)N[C@H]3CCN(C4CC4)C3)c2)n1. The average molecular weight is 338 g/mol. The van der Waals surface area contributed by atoms with Crippen LogP contribution < -0.4 is 5.32 Å². The summed E-state index contributed by atoms with van der Waals surface area (Å²) in [6.07, 6.45) is 3.72. The quantitative estimate of drug-likeness (QED) is 0.911. The molecule has 5 nitrogen and oxygen atoms in total. The van der Waals surface area contributed by atoms with Crippen LogP contribution in [0.1, 0.15) is 46.6 Å². The Balaban J connectivity index is 1.40. The number of hydrogen-bond acceptors (Lipinski definition) is 3. The lowest BCUT2D eigenvalue weighted by atomic mass is 10.1. The highest BCUT2D eigenvalue weighted by Crippen LogP contribution is 2.29. The smallest absolute Gasteiger partial charge is 0.251 e. The number of carbonyl (C=O) groups is 1. The summed E-state index contributed by atoms with van der Waals surface area (Å²) >= 11 is 0. The second-order valence-electron chi connectivity index (χ2n) is 7.47. The Bertz CT molecular complexity index is 778. The summed E-state index contributed by atoms with van der Waals surface area (Å²) in [4.78, 5) is 15.1. The summed E-state index contributed by atoms with van der Waals surface area (Å²) < 4.78 is 1.98. The minimum atomic E-state index is 0.0397. The highest BCUT2D eigenvalue weighted by Gasteiger charge is 2.34. The van der Waals surface area contributed by atoms with E-state index >= 15 is 0 Å². The van der Waals surface area contributed by atoms with E-state index in [1.165, 1.54) is 12.8 Å². The molecule has 0 bridgehead atoms. The lowest BCUT2D eigenvalue weighted by Crippen LogP contribution is -2.37. The van der Waals surface area contributed by atoms with Gasteiger partial charge in [-0.05, 0) is 56.9 Å². The summed E-state index contributed by atoms with van der Waals surface area (Å²) in [5, 5.41) is 7.72. The van der Waals surface area contributed by atoms with E-state index in [-0.39, 0.29) is 11.9 Å². The minimum Gasteiger partial charge on any atom is -0.348 e. The van der Waals surface area contributed by atoms with Crippen molar-refractivity contribution in [2.45, 2.75) is 51.7 Å². The fraction of sp³-hybridized carbons (Fsp3) is 0.500. The van der Waals surface area contributed by atoms with Gasteiger partial charge >= 0.3 is 0 Å². The number of amides is 1. The number of benzene rings is 1. The molecule has 1 aromatic carbocycles. The molecule has 2 aromatic rings. The van der Waals surface area contributed by atoms with E-state index in [0.29, 0.717) is 6.54 Å². The summed E-state index contributed by atoms with van der Waals surface area (Å²) in [7, 11) is 0. The van der Waals surface area contributed by atoms with Gasteiger partial charge in [-0.1, -0.05) is 12.1 Å². The topological polar surface area (TPSA) is 50.2 Å². The molecule has 0 unspecified atom stereocenters. The van der Waals surface area contributed by atoms with Crippen molar-refractivity contribution in [1.29, 1.82) is 0 Å². The Morgan fingerprint density at radius 3 is 2.80 bits per heavy atom. The molecule has 2 fully saturated rings. The lowest BCUT2D eigenvalue weighted by molar-refractivity contribution is 0.0937. The van der Waals surface area contributed by atoms with E-state index in [1.54, 1.807) is 0 Å². The summed E-state index contributed by atoms with van der Waals surface area (Å²) in [5.74, 6) is 0.0397. The second-order valence-corrected chi connectivity index (χ2v) is 7.47. The molecule has 1 N–H and O–H groups in total. The van der Waals surface area contributed by atoms with Crippen LogP contribution in [0.3, 0.4) is 0 Å². The maximum Gasteiger partial charge on any atom is 0.251 e. The van der Waals surface area contributed by atoms with Crippen molar-refractivity contribution in [3.8, 4) is 0 Å². The molecule has 2 heterocycles. The highest BCUT2D eigenvalue weighted by atomic mass is 16.1. The van der Waals surface area contributed by atoms with Crippen LogP contribution in [0, 0.1) is 13.8 Å². The molecule has 0 radical (unpaired) electrons. The van der Waals surface area contributed by atoms with Gasteiger partial charge in [-0.2, -0.15) is 5.10 Å². The van der Waals surface area contributed by atoms with E-state index in [1.807, 2.05) is 29.8 Å². The molecule has 2 aliphatic rings. The second kappa shape index (κ2) is 6.64. The third kappa shape index (κ3) is 3.76. The average Bonchev–Trinajstić information content (AvgIpc) is 3.26. The van der Waals surface area contributed by atoms with Crippen LogP contribution in [0.4, 0.5) is 0 Å². The number of nitrogens with one attached hydrogen (secondary N) is 1. The van der Waals surface area contributed by atoms with Gasteiger partial charge < -0.3 is 5.32 Å². The Kier molecular flexibility index (Phi) is 4.34. The van der Waals surface area contributed by atoms with Gasteiger partial charge in [-0.25, -0.2) is 0 Å². The number of carbonyl (C=O) groups excluding carboxylic acids is 1. The Hall–Kier alpha value is -2.14. The molecule has 1 amide bonds. The predicted molar refractivity (Wildman–Crippen MR) is 97.7 cm³/mol. The number of aryl methyl sites for hydroxylation is 2. The molecule has 4 rings (SSSR count). The van der Waals surface area contributed by atoms with Crippen LogP contribution in [0.2, 0.25) is 0 Å². The van der Waals surface area contributed by atoms with Crippen LogP contribution in [0.5, 0.6) is 0 Å². The molecule has 5 heteroatoms. The standard InChI is InChI=1S/C20H26N4O/c1-14-10-15(2)24(22-14)12-16-4-3-5-17(11-16)20(25)21-18-8-9-23(13-18)19-6-7-19/h3-5,10-11,18-19H,6-9,12-13H2,1-2H3,(H,21,25)/t18-/m0/s1. The monoisotopic (exact) mass is 338 g/mol. The van der Waals surface area contributed by atoms with Gasteiger partial charge in [-0.3, -0.25) is 14.4 Å². The van der Waals surface area contributed by atoms with Gasteiger partial charge in [-0.15, -0.1) is 0 Å². The fourth-order valence-corrected chi connectivity index (χ4v) is 3.76. The molecule has 1 aromatic heterocycles. The molecule has 25 heavy (non-hydrogen) atoms. The van der Waals surface area contributed by atoms with E-state index in [4.69, 9.17) is 0 Å². The van der Waals surface area contributed by atoms with Crippen LogP contribution in [0.15, 0.2) is 30.3 Å². The van der Waals surface area contributed by atoms with Crippen LogP contribution in [-0.2, 0) is 6.54 Å². The highest BCUT2D eigenvalue weighted by molar-refractivity contribution is 5.94. The first-order valence-electron chi connectivity index (χ1n) is 9.23. The van der Waals surface area contributed by atoms with Gasteiger partial charge in [0, 0.05) is 36.4 Å². The van der Waals surface area contributed by atoms with Crippen molar-refractivity contribution >= 4 is 5.91 Å². The maximum absolute atomic E-state index is 12.6. The van der Waals surface area contributed by atoms with Gasteiger partial charge in [0.2, 0.25) is 0 Å². The molecular formula is C20H26N4O. The Morgan fingerprint density at radius 1 is 1.24 bits per heavy atom. The summed E-state index contributed by atoms with van der Waals surface area (Å²) in [5.41, 5.74) is 4.00. The number of likely N-dealkylation sites (tertiary alicyclic amines) is 1. The van der Waals surface area contributed by atoms with Crippen LogP contribution >= 0.6 is 0 Å². The Labute approximate surface area is 149 Å². The van der Waals surface area contributed by atoms with Crippen molar-refractivity contribution < 1.29 is 4.79 Å². The van der Waals surface area contributed by atoms with Gasteiger partial charge in [0.15, 0.2) is 0 Å². The maximum atomic E-state index is 12.6. The predicted octanol–water partition coefficient (Wildman–Crippen LogP) is 2.51. The van der Waals surface area contributed by atoms with Crippen molar-refractivity contribution in [1.82, 2.24) is 20.0 Å². The third-order valence-corrected chi connectivity index (χ3v) is 5.24. The van der Waals surface area contributed by atoms with Crippen molar-refractivity contribution in [3.63, 3.8) is 0 Å².